The Bertz CT molecular complexity index is 1910. The lowest BCUT2D eigenvalue weighted by Crippen LogP contribution is -2.33. The molecule has 230 valence electrons. The van der Waals surface area contributed by atoms with Gasteiger partial charge in [0, 0.05) is 16.5 Å². The summed E-state index contributed by atoms with van der Waals surface area (Å²) >= 11 is 15.1. The van der Waals surface area contributed by atoms with Gasteiger partial charge >= 0.3 is 10.8 Å². The van der Waals surface area contributed by atoms with Crippen molar-refractivity contribution in [2.75, 3.05) is 16.8 Å². The summed E-state index contributed by atoms with van der Waals surface area (Å²) < 4.78 is 6.38. The number of hydrogen-bond donors (Lipinski definition) is 1. The zero-order valence-electron chi connectivity index (χ0n) is 23.9. The number of anilines is 2. The van der Waals surface area contributed by atoms with Crippen LogP contribution in [-0.2, 0) is 25.7 Å². The lowest BCUT2D eigenvalue weighted by atomic mass is 9.83. The number of carbonyl (C=O) groups is 4. The number of aryl methyl sites for hydroxylation is 1. The number of hydrogen-bond acceptors (Lipinski definition) is 8. The van der Waals surface area contributed by atoms with E-state index in [1.54, 1.807) is 37.3 Å². The summed E-state index contributed by atoms with van der Waals surface area (Å²) in [4.78, 5) is 68.0. The number of thioether (sulfide) groups is 1. The van der Waals surface area contributed by atoms with E-state index < -0.39 is 45.6 Å². The number of nitrogens with one attached hydrogen (secondary N) is 1. The molecule has 1 saturated heterocycles. The molecule has 9 nitrogen and oxygen atoms in total. The minimum atomic E-state index is -0.921. The highest BCUT2D eigenvalue weighted by molar-refractivity contribution is 8.00. The number of ether oxygens (including phenoxy) is 1. The van der Waals surface area contributed by atoms with Crippen LogP contribution in [0.2, 0.25) is 10.0 Å². The number of rotatable bonds is 7. The van der Waals surface area contributed by atoms with Crippen molar-refractivity contribution in [2.45, 2.75) is 36.6 Å². The number of benzene rings is 3. The molecular weight excluding hydrogens is 657 g/mol. The Kier molecular flexibility index (Phi) is 8.62. The van der Waals surface area contributed by atoms with E-state index in [4.69, 9.17) is 27.9 Å². The van der Waals surface area contributed by atoms with Crippen LogP contribution < -0.4 is 15.1 Å². The lowest BCUT2D eigenvalue weighted by Gasteiger charge is -2.31. The second-order valence-electron chi connectivity index (χ2n) is 10.5. The molecule has 3 heterocycles. The van der Waals surface area contributed by atoms with E-state index in [2.05, 4.69) is 5.32 Å². The third-order valence-corrected chi connectivity index (χ3v) is 11.1. The Morgan fingerprint density at radius 2 is 1.67 bits per heavy atom. The average Bonchev–Trinajstić information content (AvgIpc) is 3.46. The van der Waals surface area contributed by atoms with Crippen LogP contribution in [0, 0.1) is 12.8 Å². The number of imide groups is 1. The Hall–Kier alpha value is -3.90. The van der Waals surface area contributed by atoms with Crippen LogP contribution in [0.3, 0.4) is 0 Å². The lowest BCUT2D eigenvalue weighted by molar-refractivity contribution is -0.122. The van der Waals surface area contributed by atoms with Crippen molar-refractivity contribution < 1.29 is 23.9 Å². The normalized spacial score (nSPS) is 18.8. The third kappa shape index (κ3) is 5.69. The fourth-order valence-electron chi connectivity index (χ4n) is 5.55. The van der Waals surface area contributed by atoms with Gasteiger partial charge in [-0.2, -0.15) is 0 Å². The Labute approximate surface area is 276 Å². The van der Waals surface area contributed by atoms with Crippen LogP contribution in [-0.4, -0.2) is 40.1 Å². The molecule has 2 aliphatic heterocycles. The van der Waals surface area contributed by atoms with Gasteiger partial charge in [0.05, 0.1) is 38.8 Å². The van der Waals surface area contributed by atoms with Gasteiger partial charge in [0.25, 0.3) is 0 Å². The molecule has 6 rings (SSSR count). The largest absolute Gasteiger partial charge is 0.462 e. The number of carbonyl (C=O) groups excluding carboxylic acids is 4. The molecule has 1 N–H and O–H groups in total. The van der Waals surface area contributed by atoms with Gasteiger partial charge in [-0.05, 0) is 61.9 Å². The molecule has 3 atom stereocenters. The first-order chi connectivity index (χ1) is 21.6. The summed E-state index contributed by atoms with van der Waals surface area (Å²) in [6.07, 6.45) is 0. The quantitative estimate of drug-likeness (QED) is 0.184. The zero-order valence-corrected chi connectivity index (χ0v) is 27.1. The maximum absolute atomic E-state index is 14.1. The number of amides is 3. The van der Waals surface area contributed by atoms with Gasteiger partial charge in [-0.1, -0.05) is 76.1 Å². The summed E-state index contributed by atoms with van der Waals surface area (Å²) in [7, 11) is 0. The molecule has 1 fully saturated rings. The molecule has 0 aliphatic carbocycles. The van der Waals surface area contributed by atoms with Gasteiger partial charge in [-0.15, -0.1) is 0 Å². The molecule has 4 aromatic rings. The molecule has 0 spiro atoms. The van der Waals surface area contributed by atoms with Crippen molar-refractivity contribution in [2.24, 2.45) is 5.92 Å². The first kappa shape index (κ1) is 31.1. The number of aromatic nitrogens is 1. The van der Waals surface area contributed by atoms with E-state index in [0.717, 1.165) is 33.6 Å². The molecule has 1 aromatic heterocycles. The minimum Gasteiger partial charge on any atom is -0.462 e. The van der Waals surface area contributed by atoms with E-state index >= 15 is 0 Å². The van der Waals surface area contributed by atoms with Gasteiger partial charge in [-0.3, -0.25) is 23.7 Å². The summed E-state index contributed by atoms with van der Waals surface area (Å²) in [5.74, 6) is -3.59. The van der Waals surface area contributed by atoms with Crippen molar-refractivity contribution in [3.63, 3.8) is 0 Å². The van der Waals surface area contributed by atoms with Gasteiger partial charge in [0.15, 0.2) is 0 Å². The monoisotopic (exact) mass is 681 g/mol. The number of thiazole rings is 1. The van der Waals surface area contributed by atoms with E-state index in [1.807, 2.05) is 19.1 Å². The van der Waals surface area contributed by atoms with Crippen molar-refractivity contribution >= 4 is 81.4 Å². The average molecular weight is 683 g/mol. The van der Waals surface area contributed by atoms with Crippen molar-refractivity contribution in [3.8, 4) is 0 Å². The molecule has 0 bridgehead atoms. The number of fused-ring (bicyclic) bond motifs is 2. The van der Waals surface area contributed by atoms with Crippen LogP contribution in [0.5, 0.6) is 0 Å². The number of esters is 1. The highest BCUT2D eigenvalue weighted by Crippen LogP contribution is 2.55. The number of halogens is 2. The Morgan fingerprint density at radius 3 is 2.36 bits per heavy atom. The fourth-order valence-corrected chi connectivity index (χ4v) is 8.74. The van der Waals surface area contributed by atoms with Gasteiger partial charge in [-0.25, -0.2) is 9.69 Å². The van der Waals surface area contributed by atoms with E-state index in [0.29, 0.717) is 26.8 Å². The molecule has 2 aliphatic rings. The van der Waals surface area contributed by atoms with Crippen LogP contribution >= 0.6 is 46.3 Å². The van der Waals surface area contributed by atoms with E-state index in [-0.39, 0.29) is 28.8 Å². The maximum Gasteiger partial charge on any atom is 0.338 e. The van der Waals surface area contributed by atoms with Crippen molar-refractivity contribution in [1.82, 2.24) is 4.57 Å². The summed E-state index contributed by atoms with van der Waals surface area (Å²) in [5.41, 5.74) is 2.69. The SMILES string of the molecule is CCOC(=O)c1ccc(N2C(=O)C3Sc4c(sc(=O)n4CC(=O)Nc4ccc(C)cc4)C(c4cccc(Cl)c4Cl)C3C2=O)cc1. The maximum atomic E-state index is 14.1. The van der Waals surface area contributed by atoms with Crippen LogP contribution in [0.1, 0.15) is 39.2 Å². The summed E-state index contributed by atoms with van der Waals surface area (Å²) in [6, 6.07) is 18.3. The van der Waals surface area contributed by atoms with Crippen LogP contribution in [0.15, 0.2) is 76.6 Å². The molecule has 0 saturated carbocycles. The molecule has 3 amide bonds. The first-order valence-corrected chi connectivity index (χ1v) is 16.4. The van der Waals surface area contributed by atoms with Crippen LogP contribution in [0.25, 0.3) is 0 Å². The second-order valence-corrected chi connectivity index (χ2v) is 13.4. The van der Waals surface area contributed by atoms with E-state index in [9.17, 15) is 24.0 Å². The highest BCUT2D eigenvalue weighted by atomic mass is 35.5. The van der Waals surface area contributed by atoms with Gasteiger partial charge < -0.3 is 10.1 Å². The molecule has 3 unspecified atom stereocenters. The Morgan fingerprint density at radius 1 is 0.956 bits per heavy atom. The van der Waals surface area contributed by atoms with Crippen LogP contribution in [0.4, 0.5) is 11.4 Å². The molecule has 0 radical (unpaired) electrons. The van der Waals surface area contributed by atoms with Gasteiger partial charge in [0.2, 0.25) is 17.7 Å². The predicted octanol–water partition coefficient (Wildman–Crippen LogP) is 6.14. The second kappa shape index (κ2) is 12.5. The predicted molar refractivity (Wildman–Crippen MR) is 175 cm³/mol. The van der Waals surface area contributed by atoms with E-state index in [1.165, 1.54) is 28.8 Å². The molecule has 13 heteroatoms. The van der Waals surface area contributed by atoms with Crippen molar-refractivity contribution in [3.05, 3.63) is 108 Å². The molecule has 3 aromatic carbocycles. The topological polar surface area (TPSA) is 115 Å². The summed E-state index contributed by atoms with van der Waals surface area (Å²) in [5, 5.41) is 2.78. The molecular formula is C32H25Cl2N3O6S2. The third-order valence-electron chi connectivity index (χ3n) is 7.64. The van der Waals surface area contributed by atoms with Crippen molar-refractivity contribution in [1.29, 1.82) is 0 Å². The fraction of sp³-hybridized carbons (Fsp3) is 0.219. The molecule has 45 heavy (non-hydrogen) atoms. The smallest absolute Gasteiger partial charge is 0.338 e. The highest BCUT2D eigenvalue weighted by Gasteiger charge is 2.57. The first-order valence-electron chi connectivity index (χ1n) is 13.9. The summed E-state index contributed by atoms with van der Waals surface area (Å²) in [6.45, 7) is 3.55. The van der Waals surface area contributed by atoms with Gasteiger partial charge in [0.1, 0.15) is 11.8 Å². The zero-order chi connectivity index (χ0) is 32.0. The minimum absolute atomic E-state index is 0.209. The number of nitrogens with zero attached hydrogens (tertiary/aromatic N) is 2. The standard InChI is InChI=1S/C32H25Cl2N3O6S2/c1-3-43-31(41)17-9-13-19(14-10-17)37-28(39)24-23(20-5-4-6-21(33)25(20)34)27-30(44-26(24)29(37)40)36(32(42)45-27)15-22(38)35-18-11-7-16(2)8-12-18/h4-14,23-24,26H,3,15H2,1-2H3,(H,35,38). The Balaban J connectivity index is 1.39.